The van der Waals surface area contributed by atoms with Crippen molar-refractivity contribution in [2.24, 2.45) is 0 Å². The first-order chi connectivity index (χ1) is 8.66. The van der Waals surface area contributed by atoms with E-state index >= 15 is 0 Å². The van der Waals surface area contributed by atoms with Crippen LogP contribution in [0.5, 0.6) is 5.75 Å². The van der Waals surface area contributed by atoms with Crippen LogP contribution in [0.3, 0.4) is 0 Å². The average Bonchev–Trinajstić information content (AvgIpc) is 2.73. The molecule has 4 nitrogen and oxygen atoms in total. The average molecular weight is 241 g/mol. The van der Waals surface area contributed by atoms with E-state index in [2.05, 4.69) is 4.98 Å². The summed E-state index contributed by atoms with van der Waals surface area (Å²) in [6, 6.07) is 5.27. The van der Waals surface area contributed by atoms with Gasteiger partial charge in [0.25, 0.3) is 0 Å². The van der Waals surface area contributed by atoms with Gasteiger partial charge in [0, 0.05) is 17.3 Å². The fraction of sp³-hybridized carbons (Fsp3) is 0.143. The third kappa shape index (κ3) is 1.54. The maximum Gasteiger partial charge on any atom is 0.338 e. The molecule has 1 N–H and O–H groups in total. The lowest BCUT2D eigenvalue weighted by Gasteiger charge is -2.09. The zero-order valence-corrected chi connectivity index (χ0v) is 9.80. The Balaban J connectivity index is 2.18. The molecule has 0 saturated carbocycles. The van der Waals surface area contributed by atoms with Gasteiger partial charge in [-0.2, -0.15) is 0 Å². The fourth-order valence-corrected chi connectivity index (χ4v) is 2.24. The van der Waals surface area contributed by atoms with Crippen LogP contribution in [0.2, 0.25) is 0 Å². The van der Waals surface area contributed by atoms with E-state index in [1.165, 1.54) is 6.20 Å². The molecule has 1 aromatic heterocycles. The summed E-state index contributed by atoms with van der Waals surface area (Å²) < 4.78 is 5.01. The number of hydrogen-bond donors (Lipinski definition) is 1. The molecule has 0 spiro atoms. The Morgan fingerprint density at radius 1 is 1.28 bits per heavy atom. The van der Waals surface area contributed by atoms with Crippen LogP contribution in [-0.4, -0.2) is 16.1 Å². The van der Waals surface area contributed by atoms with Crippen LogP contribution >= 0.6 is 0 Å². The molecule has 0 unspecified atom stereocenters. The Morgan fingerprint density at radius 2 is 2.06 bits per heavy atom. The minimum Gasteiger partial charge on any atom is -0.506 e. The Hall–Kier alpha value is -2.36. The topological polar surface area (TPSA) is 59.4 Å². The second-order valence-electron chi connectivity index (χ2n) is 4.27. The maximum atomic E-state index is 11.4. The molecule has 1 aliphatic heterocycles. The molecule has 3 rings (SSSR count). The van der Waals surface area contributed by atoms with Crippen molar-refractivity contribution in [3.63, 3.8) is 0 Å². The van der Waals surface area contributed by atoms with E-state index in [1.54, 1.807) is 18.3 Å². The van der Waals surface area contributed by atoms with Gasteiger partial charge in [-0.25, -0.2) is 4.79 Å². The molecular weight excluding hydrogens is 230 g/mol. The third-order valence-electron chi connectivity index (χ3n) is 3.20. The van der Waals surface area contributed by atoms with Gasteiger partial charge in [0.15, 0.2) is 0 Å². The van der Waals surface area contributed by atoms with E-state index in [4.69, 9.17) is 4.74 Å². The first kappa shape index (κ1) is 10.8. The standard InChI is InChI=1S/C14H11NO3/c1-8-11(9-4-10(16)6-15-5-9)2-3-12-13(8)7-18-14(12)17/h2-6,16H,7H2,1H3. The lowest BCUT2D eigenvalue weighted by atomic mass is 9.95. The van der Waals surface area contributed by atoms with Gasteiger partial charge in [-0.15, -0.1) is 0 Å². The predicted molar refractivity (Wildman–Crippen MR) is 65.2 cm³/mol. The van der Waals surface area contributed by atoms with Crippen molar-refractivity contribution in [3.8, 4) is 16.9 Å². The molecule has 1 aliphatic rings. The highest BCUT2D eigenvalue weighted by atomic mass is 16.5. The Morgan fingerprint density at radius 3 is 2.83 bits per heavy atom. The smallest absolute Gasteiger partial charge is 0.338 e. The van der Waals surface area contributed by atoms with Crippen molar-refractivity contribution < 1.29 is 14.6 Å². The largest absolute Gasteiger partial charge is 0.506 e. The Kier molecular flexibility index (Phi) is 2.30. The van der Waals surface area contributed by atoms with E-state index < -0.39 is 0 Å². The van der Waals surface area contributed by atoms with Gasteiger partial charge in [0.2, 0.25) is 0 Å². The molecule has 0 aliphatic carbocycles. The molecule has 0 saturated heterocycles. The molecule has 1 aromatic carbocycles. The number of carbonyl (C=O) groups excluding carboxylic acids is 1. The summed E-state index contributed by atoms with van der Waals surface area (Å²) in [7, 11) is 0. The van der Waals surface area contributed by atoms with Gasteiger partial charge in [0.05, 0.1) is 11.8 Å². The molecular formula is C14H11NO3. The molecule has 18 heavy (non-hydrogen) atoms. The number of aromatic hydroxyl groups is 1. The quantitative estimate of drug-likeness (QED) is 0.779. The number of ether oxygens (including phenoxy) is 1. The number of nitrogens with zero attached hydrogens (tertiary/aromatic N) is 1. The molecule has 4 heteroatoms. The predicted octanol–water partition coefficient (Wildman–Crippen LogP) is 2.43. The number of pyridine rings is 1. The lowest BCUT2D eigenvalue weighted by Crippen LogP contribution is -1.95. The van der Waals surface area contributed by atoms with E-state index in [9.17, 15) is 9.90 Å². The fourth-order valence-electron chi connectivity index (χ4n) is 2.24. The Labute approximate surface area is 104 Å². The number of esters is 1. The van der Waals surface area contributed by atoms with Crippen LogP contribution in [-0.2, 0) is 11.3 Å². The van der Waals surface area contributed by atoms with Crippen LogP contribution in [0.15, 0.2) is 30.6 Å². The van der Waals surface area contributed by atoms with Gasteiger partial charge in [-0.1, -0.05) is 6.07 Å². The van der Waals surface area contributed by atoms with Crippen molar-refractivity contribution in [3.05, 3.63) is 47.3 Å². The van der Waals surface area contributed by atoms with Crippen molar-refractivity contribution in [1.82, 2.24) is 4.98 Å². The highest BCUT2D eigenvalue weighted by molar-refractivity contribution is 5.95. The van der Waals surface area contributed by atoms with Gasteiger partial charge >= 0.3 is 5.97 Å². The molecule has 0 radical (unpaired) electrons. The van der Waals surface area contributed by atoms with E-state index in [1.807, 2.05) is 13.0 Å². The lowest BCUT2D eigenvalue weighted by molar-refractivity contribution is 0.0535. The zero-order chi connectivity index (χ0) is 12.7. The number of aromatic nitrogens is 1. The number of hydrogen-bond acceptors (Lipinski definition) is 4. The first-order valence-electron chi connectivity index (χ1n) is 5.61. The molecule has 0 fully saturated rings. The third-order valence-corrected chi connectivity index (χ3v) is 3.20. The number of rotatable bonds is 1. The van der Waals surface area contributed by atoms with Crippen LogP contribution in [0.1, 0.15) is 21.5 Å². The Bertz CT molecular complexity index is 649. The minimum atomic E-state index is -0.270. The summed E-state index contributed by atoms with van der Waals surface area (Å²) in [6.07, 6.45) is 3.07. The van der Waals surface area contributed by atoms with Gasteiger partial charge in [-0.3, -0.25) is 4.98 Å². The summed E-state index contributed by atoms with van der Waals surface area (Å²) in [5, 5.41) is 9.46. The minimum absolute atomic E-state index is 0.125. The zero-order valence-electron chi connectivity index (χ0n) is 9.80. The summed E-state index contributed by atoms with van der Waals surface area (Å²) >= 11 is 0. The van der Waals surface area contributed by atoms with Crippen LogP contribution in [0, 0.1) is 6.92 Å². The van der Waals surface area contributed by atoms with E-state index in [0.29, 0.717) is 12.2 Å². The van der Waals surface area contributed by atoms with Gasteiger partial charge in [-0.05, 0) is 30.2 Å². The van der Waals surface area contributed by atoms with E-state index in [0.717, 1.165) is 22.3 Å². The number of fused-ring (bicyclic) bond motifs is 1. The summed E-state index contributed by atoms with van der Waals surface area (Å²) in [4.78, 5) is 15.4. The van der Waals surface area contributed by atoms with Gasteiger partial charge < -0.3 is 9.84 Å². The second-order valence-corrected chi connectivity index (χ2v) is 4.27. The highest BCUT2D eigenvalue weighted by Crippen LogP contribution is 2.32. The molecule has 2 aromatic rings. The van der Waals surface area contributed by atoms with E-state index in [-0.39, 0.29) is 11.7 Å². The maximum absolute atomic E-state index is 11.4. The van der Waals surface area contributed by atoms with Crippen molar-refractivity contribution in [2.45, 2.75) is 13.5 Å². The normalized spacial score (nSPS) is 13.3. The monoisotopic (exact) mass is 241 g/mol. The van der Waals surface area contributed by atoms with Gasteiger partial charge in [0.1, 0.15) is 12.4 Å². The number of benzene rings is 1. The number of cyclic esters (lactones) is 1. The molecule has 0 bridgehead atoms. The van der Waals surface area contributed by atoms with Crippen molar-refractivity contribution in [2.75, 3.05) is 0 Å². The van der Waals surface area contributed by atoms with Crippen LogP contribution in [0.25, 0.3) is 11.1 Å². The summed E-state index contributed by atoms with van der Waals surface area (Å²) in [5.74, 6) is -0.145. The summed E-state index contributed by atoms with van der Waals surface area (Å²) in [6.45, 7) is 2.26. The second kappa shape index (κ2) is 3.84. The van der Waals surface area contributed by atoms with Crippen LogP contribution in [0.4, 0.5) is 0 Å². The highest BCUT2D eigenvalue weighted by Gasteiger charge is 2.24. The first-order valence-corrected chi connectivity index (χ1v) is 5.61. The molecule has 2 heterocycles. The summed E-state index contributed by atoms with van der Waals surface area (Å²) in [5.41, 5.74) is 4.32. The molecule has 0 amide bonds. The molecule has 90 valence electrons. The molecule has 0 atom stereocenters. The SMILES string of the molecule is Cc1c(-c2cncc(O)c2)ccc2c1COC2=O. The van der Waals surface area contributed by atoms with Crippen molar-refractivity contribution >= 4 is 5.97 Å². The number of carbonyl (C=O) groups is 1. The van der Waals surface area contributed by atoms with Crippen LogP contribution < -0.4 is 0 Å². The van der Waals surface area contributed by atoms with Crippen molar-refractivity contribution in [1.29, 1.82) is 0 Å².